The lowest BCUT2D eigenvalue weighted by molar-refractivity contribution is 0.608. The van der Waals surface area contributed by atoms with Crippen LogP contribution in [-0.2, 0) is 0 Å². The highest BCUT2D eigenvalue weighted by Crippen LogP contribution is 2.15. The van der Waals surface area contributed by atoms with Gasteiger partial charge in [-0.3, -0.25) is 0 Å². The Labute approximate surface area is 113 Å². The van der Waals surface area contributed by atoms with Crippen molar-refractivity contribution >= 4 is 5.57 Å². The highest BCUT2D eigenvalue weighted by molar-refractivity contribution is 5.64. The van der Waals surface area contributed by atoms with E-state index in [0.717, 1.165) is 16.7 Å². The molecule has 0 aromatic heterocycles. The number of halogens is 1. The average Bonchev–Trinajstić information content (AvgIpc) is 2.46. The van der Waals surface area contributed by atoms with Crippen molar-refractivity contribution in [2.24, 2.45) is 0 Å². The third kappa shape index (κ3) is 3.76. The Bertz CT molecular complexity index is 531. The first-order chi connectivity index (χ1) is 9.16. The fourth-order valence-corrected chi connectivity index (χ4v) is 1.92. The Morgan fingerprint density at radius 3 is 2.37 bits per heavy atom. The van der Waals surface area contributed by atoms with E-state index in [-0.39, 0.29) is 11.9 Å². The molecule has 0 bridgehead atoms. The van der Waals surface area contributed by atoms with Gasteiger partial charge in [0.25, 0.3) is 0 Å². The summed E-state index contributed by atoms with van der Waals surface area (Å²) in [7, 11) is 0. The molecule has 0 fully saturated rings. The summed E-state index contributed by atoms with van der Waals surface area (Å²) < 4.78 is 12.9. The first-order valence-electron chi connectivity index (χ1n) is 6.39. The Balaban J connectivity index is 1.92. The molecule has 1 atom stereocenters. The molecule has 0 radical (unpaired) electrons. The minimum atomic E-state index is -0.204. The molecule has 0 aliphatic heterocycles. The molecule has 0 amide bonds. The Kier molecular flexibility index (Phi) is 4.48. The summed E-state index contributed by atoms with van der Waals surface area (Å²) in [5.74, 6) is -0.204. The third-order valence-corrected chi connectivity index (χ3v) is 3.17. The van der Waals surface area contributed by atoms with Crippen molar-refractivity contribution in [2.45, 2.75) is 13.0 Å². The molecule has 2 aromatic carbocycles. The van der Waals surface area contributed by atoms with Crippen molar-refractivity contribution in [1.82, 2.24) is 5.32 Å². The maximum absolute atomic E-state index is 12.9. The van der Waals surface area contributed by atoms with Crippen LogP contribution < -0.4 is 5.32 Å². The number of rotatable bonds is 5. The lowest BCUT2D eigenvalue weighted by Gasteiger charge is -2.15. The van der Waals surface area contributed by atoms with E-state index in [1.807, 2.05) is 30.3 Å². The van der Waals surface area contributed by atoms with E-state index in [1.54, 1.807) is 12.1 Å². The van der Waals surface area contributed by atoms with Crippen LogP contribution in [0, 0.1) is 5.82 Å². The predicted octanol–water partition coefficient (Wildman–Crippen LogP) is 4.19. The molecule has 0 aliphatic rings. The van der Waals surface area contributed by atoms with Gasteiger partial charge in [-0.1, -0.05) is 49.0 Å². The van der Waals surface area contributed by atoms with Gasteiger partial charge >= 0.3 is 0 Å². The zero-order chi connectivity index (χ0) is 13.7. The monoisotopic (exact) mass is 255 g/mol. The van der Waals surface area contributed by atoms with Crippen LogP contribution in [0.25, 0.3) is 5.57 Å². The molecule has 19 heavy (non-hydrogen) atoms. The van der Waals surface area contributed by atoms with E-state index >= 15 is 0 Å². The Hall–Kier alpha value is -1.93. The van der Waals surface area contributed by atoms with Crippen molar-refractivity contribution in [3.8, 4) is 0 Å². The number of hydrogen-bond donors (Lipinski definition) is 1. The molecule has 1 N–H and O–H groups in total. The van der Waals surface area contributed by atoms with Gasteiger partial charge in [0.15, 0.2) is 0 Å². The van der Waals surface area contributed by atoms with Gasteiger partial charge < -0.3 is 5.32 Å². The lowest BCUT2D eigenvalue weighted by atomic mass is 10.1. The van der Waals surface area contributed by atoms with Crippen LogP contribution in [0.5, 0.6) is 0 Å². The summed E-state index contributed by atoms with van der Waals surface area (Å²) in [6.07, 6.45) is 0. The molecule has 0 heterocycles. The highest BCUT2D eigenvalue weighted by Gasteiger charge is 2.06. The Morgan fingerprint density at radius 2 is 1.74 bits per heavy atom. The van der Waals surface area contributed by atoms with Gasteiger partial charge in [-0.25, -0.2) is 4.39 Å². The van der Waals surface area contributed by atoms with Crippen molar-refractivity contribution in [3.05, 3.63) is 78.1 Å². The number of nitrogens with one attached hydrogen (secondary N) is 1. The highest BCUT2D eigenvalue weighted by atomic mass is 19.1. The van der Waals surface area contributed by atoms with Crippen LogP contribution >= 0.6 is 0 Å². The average molecular weight is 255 g/mol. The van der Waals surface area contributed by atoms with Crippen LogP contribution in [0.15, 0.2) is 61.2 Å². The molecule has 98 valence electrons. The summed E-state index contributed by atoms with van der Waals surface area (Å²) in [5.41, 5.74) is 3.26. The van der Waals surface area contributed by atoms with Crippen LogP contribution in [0.4, 0.5) is 4.39 Å². The summed E-state index contributed by atoms with van der Waals surface area (Å²) in [5, 5.41) is 3.39. The smallest absolute Gasteiger partial charge is 0.123 e. The van der Waals surface area contributed by atoms with E-state index in [1.165, 1.54) is 12.1 Å². The van der Waals surface area contributed by atoms with Gasteiger partial charge in [0, 0.05) is 12.6 Å². The second-order valence-electron chi connectivity index (χ2n) is 4.62. The zero-order valence-corrected chi connectivity index (χ0v) is 11.1. The summed E-state index contributed by atoms with van der Waals surface area (Å²) >= 11 is 0. The molecule has 2 heteroatoms. The van der Waals surface area contributed by atoms with E-state index in [4.69, 9.17) is 0 Å². The van der Waals surface area contributed by atoms with Crippen LogP contribution in [0.3, 0.4) is 0 Å². The summed E-state index contributed by atoms with van der Waals surface area (Å²) in [4.78, 5) is 0. The van der Waals surface area contributed by atoms with Gasteiger partial charge in [0.2, 0.25) is 0 Å². The standard InChI is InChI=1S/C17H18FN/c1-13(15-6-4-3-5-7-15)12-19-14(2)16-8-10-17(18)11-9-16/h3-11,14,19H,1,12H2,2H3. The predicted molar refractivity (Wildman–Crippen MR) is 78.3 cm³/mol. The minimum absolute atomic E-state index is 0.168. The van der Waals surface area contributed by atoms with Crippen LogP contribution in [0.1, 0.15) is 24.1 Å². The SMILES string of the molecule is C=C(CNC(C)c1ccc(F)cc1)c1ccccc1. The minimum Gasteiger partial charge on any atom is -0.306 e. The van der Waals surface area contributed by atoms with Crippen LogP contribution in [0.2, 0.25) is 0 Å². The van der Waals surface area contributed by atoms with Crippen LogP contribution in [-0.4, -0.2) is 6.54 Å². The normalized spacial score (nSPS) is 12.1. The molecule has 0 aliphatic carbocycles. The van der Waals surface area contributed by atoms with Crippen molar-refractivity contribution in [1.29, 1.82) is 0 Å². The van der Waals surface area contributed by atoms with Gasteiger partial charge in [-0.05, 0) is 35.8 Å². The molecule has 1 nitrogen and oxygen atoms in total. The maximum Gasteiger partial charge on any atom is 0.123 e. The van der Waals surface area contributed by atoms with Gasteiger partial charge in [0.05, 0.1) is 0 Å². The summed E-state index contributed by atoms with van der Waals surface area (Å²) in [6, 6.07) is 16.8. The van der Waals surface area contributed by atoms with Gasteiger partial charge in [-0.15, -0.1) is 0 Å². The largest absolute Gasteiger partial charge is 0.306 e. The van der Waals surface area contributed by atoms with Gasteiger partial charge in [0.1, 0.15) is 5.82 Å². The van der Waals surface area contributed by atoms with Crippen molar-refractivity contribution < 1.29 is 4.39 Å². The molecule has 2 aromatic rings. The van der Waals surface area contributed by atoms with Gasteiger partial charge in [-0.2, -0.15) is 0 Å². The number of benzene rings is 2. The first kappa shape index (κ1) is 13.5. The molecule has 1 unspecified atom stereocenters. The molecular formula is C17H18FN. The second-order valence-corrected chi connectivity index (χ2v) is 4.62. The molecule has 0 saturated heterocycles. The fourth-order valence-electron chi connectivity index (χ4n) is 1.92. The third-order valence-electron chi connectivity index (χ3n) is 3.17. The first-order valence-corrected chi connectivity index (χ1v) is 6.39. The van der Waals surface area contributed by atoms with E-state index in [2.05, 4.69) is 18.8 Å². The number of hydrogen-bond acceptors (Lipinski definition) is 1. The fraction of sp³-hybridized carbons (Fsp3) is 0.176. The van der Waals surface area contributed by atoms with Crippen molar-refractivity contribution in [3.63, 3.8) is 0 Å². The molecule has 2 rings (SSSR count). The molecule has 0 spiro atoms. The molecular weight excluding hydrogens is 237 g/mol. The van der Waals surface area contributed by atoms with E-state index in [9.17, 15) is 4.39 Å². The zero-order valence-electron chi connectivity index (χ0n) is 11.1. The Morgan fingerprint density at radius 1 is 1.11 bits per heavy atom. The van der Waals surface area contributed by atoms with Crippen molar-refractivity contribution in [2.75, 3.05) is 6.54 Å². The topological polar surface area (TPSA) is 12.0 Å². The lowest BCUT2D eigenvalue weighted by Crippen LogP contribution is -2.20. The summed E-state index contributed by atoms with van der Waals surface area (Å²) in [6.45, 7) is 6.85. The maximum atomic E-state index is 12.9. The molecule has 0 saturated carbocycles. The van der Waals surface area contributed by atoms with E-state index < -0.39 is 0 Å². The quantitative estimate of drug-likeness (QED) is 0.844. The second kappa shape index (κ2) is 6.30. The van der Waals surface area contributed by atoms with E-state index in [0.29, 0.717) is 6.54 Å².